The second-order valence-electron chi connectivity index (χ2n) is 3.18. The summed E-state index contributed by atoms with van der Waals surface area (Å²) in [6.07, 6.45) is 5.42. The van der Waals surface area contributed by atoms with E-state index < -0.39 is 0 Å². The zero-order valence-corrected chi connectivity index (χ0v) is 9.11. The van der Waals surface area contributed by atoms with E-state index in [-0.39, 0.29) is 37.2 Å². The van der Waals surface area contributed by atoms with E-state index in [1.807, 2.05) is 0 Å². The van der Waals surface area contributed by atoms with Gasteiger partial charge in [0.05, 0.1) is 10.9 Å². The van der Waals surface area contributed by atoms with Crippen LogP contribution in [0.5, 0.6) is 0 Å². The fourth-order valence-electron chi connectivity index (χ4n) is 1.26. The molecule has 0 spiro atoms. The van der Waals surface area contributed by atoms with Gasteiger partial charge in [-0.15, -0.1) is 12.4 Å². The van der Waals surface area contributed by atoms with Crippen LogP contribution in [0.4, 0.5) is 4.39 Å². The van der Waals surface area contributed by atoms with Gasteiger partial charge in [-0.2, -0.15) is 4.39 Å². The number of halogens is 3. The molecule has 1 aliphatic heterocycles. The van der Waals surface area contributed by atoms with Gasteiger partial charge >= 0.3 is 0 Å². The molecule has 0 atom stereocenters. The van der Waals surface area contributed by atoms with Crippen LogP contribution in [0.25, 0.3) is 0 Å². The molecule has 0 bridgehead atoms. The minimum Gasteiger partial charge on any atom is -1.00 e. The van der Waals surface area contributed by atoms with Gasteiger partial charge in [-0.3, -0.25) is 0 Å². The van der Waals surface area contributed by atoms with Gasteiger partial charge in [0.25, 0.3) is 11.9 Å². The van der Waals surface area contributed by atoms with E-state index in [0.29, 0.717) is 11.5 Å². The first-order chi connectivity index (χ1) is 5.81. The molecule has 2 rings (SSSR count). The first kappa shape index (κ1) is 13.6. The van der Waals surface area contributed by atoms with Crippen LogP contribution in [0.15, 0.2) is 23.7 Å². The number of hydrogen-bond acceptors (Lipinski definition) is 2. The van der Waals surface area contributed by atoms with Crippen molar-refractivity contribution < 1.29 is 16.8 Å². The second-order valence-corrected chi connectivity index (χ2v) is 3.18. The minimum absolute atomic E-state index is 0. The zero-order valence-electron chi connectivity index (χ0n) is 7.54. The molecule has 14 heavy (non-hydrogen) atoms. The first-order valence-electron chi connectivity index (χ1n) is 4.15. The van der Waals surface area contributed by atoms with E-state index in [2.05, 4.69) is 4.99 Å². The van der Waals surface area contributed by atoms with Crippen molar-refractivity contribution >= 4 is 18.1 Å². The number of rotatable bonds is 2. The molecule has 0 saturated heterocycles. The lowest BCUT2D eigenvalue weighted by molar-refractivity contribution is -0.00000330. The van der Waals surface area contributed by atoms with Crippen molar-refractivity contribution in [2.75, 3.05) is 6.54 Å². The highest BCUT2D eigenvalue weighted by Gasteiger charge is 2.35. The minimum atomic E-state index is -0.290. The molecule has 1 radical (unpaired) electrons. The van der Waals surface area contributed by atoms with Crippen LogP contribution >= 0.6 is 12.4 Å². The summed E-state index contributed by atoms with van der Waals surface area (Å²) in [6, 6.07) is 0. The summed E-state index contributed by atoms with van der Waals surface area (Å²) in [5.41, 5.74) is 6.95. The standard InChI is InChI=1S/C9H11FN2.2ClH/c10-8-5-12-9(6-1-2-6)3-7(8)4-11;;/h3,5-6H,1-2,4,11H2;2*1H/q+1;;/p-1. The van der Waals surface area contributed by atoms with E-state index in [1.54, 1.807) is 6.08 Å². The number of nitrogens with two attached hydrogens (primary N) is 1. The fraction of sp³-hybridized carbons (Fsp3) is 0.444. The monoisotopic (exact) mass is 237 g/mol. The van der Waals surface area contributed by atoms with Gasteiger partial charge in [0.2, 0.25) is 0 Å². The average Bonchev–Trinajstić information content (AvgIpc) is 2.88. The molecule has 0 amide bonds. The van der Waals surface area contributed by atoms with Crippen LogP contribution in [-0.4, -0.2) is 12.3 Å². The average molecular weight is 238 g/mol. The van der Waals surface area contributed by atoms with Gasteiger partial charge in [0.1, 0.15) is 0 Å². The van der Waals surface area contributed by atoms with Crippen molar-refractivity contribution in [2.24, 2.45) is 11.7 Å². The van der Waals surface area contributed by atoms with E-state index in [0.717, 1.165) is 5.71 Å². The lowest BCUT2D eigenvalue weighted by atomic mass is 10.1. The molecule has 79 valence electrons. The fourth-order valence-corrected chi connectivity index (χ4v) is 1.26. The Bertz CT molecular complexity index is 293. The second kappa shape index (κ2) is 5.49. The Morgan fingerprint density at radius 1 is 1.50 bits per heavy atom. The molecule has 0 aromatic rings. The molecule has 0 aromatic carbocycles. The Morgan fingerprint density at radius 2 is 2.14 bits per heavy atom. The molecular formula is C9H12Cl2FN2. The summed E-state index contributed by atoms with van der Waals surface area (Å²) in [5.74, 6) is 0.276. The number of hydrogen-bond donors (Lipinski definition) is 1. The Morgan fingerprint density at radius 3 is 2.64 bits per heavy atom. The van der Waals surface area contributed by atoms with Crippen molar-refractivity contribution in [3.63, 3.8) is 0 Å². The van der Waals surface area contributed by atoms with E-state index in [4.69, 9.17) is 5.73 Å². The zero-order chi connectivity index (χ0) is 8.55. The van der Waals surface area contributed by atoms with Crippen LogP contribution in [0.2, 0.25) is 0 Å². The lowest BCUT2D eigenvalue weighted by Crippen LogP contribution is -3.00. The third-order valence-corrected chi connectivity index (χ3v) is 2.17. The van der Waals surface area contributed by atoms with Crippen molar-refractivity contribution in [1.29, 1.82) is 0 Å². The van der Waals surface area contributed by atoms with E-state index in [9.17, 15) is 4.39 Å². The lowest BCUT2D eigenvalue weighted by Gasteiger charge is -1.99. The SMILES string of the molecule is Cl.NCC1=CC(C2CC2)=[N+]C=C1F.[Cl-]. The summed E-state index contributed by atoms with van der Waals surface area (Å²) in [6.45, 7) is 0.258. The maximum absolute atomic E-state index is 12.9. The molecule has 1 fully saturated rings. The molecule has 1 aliphatic carbocycles. The van der Waals surface area contributed by atoms with Crippen molar-refractivity contribution in [3.8, 4) is 0 Å². The molecule has 2 aliphatic rings. The number of aliphatic imine (C=N–C) groups is 1. The molecular weight excluding hydrogens is 226 g/mol. The number of nitrogens with zero attached hydrogens (tertiary/aromatic N) is 1. The molecule has 1 saturated carbocycles. The molecule has 2 nitrogen and oxygen atoms in total. The predicted octanol–water partition coefficient (Wildman–Crippen LogP) is -1.69. The molecule has 0 unspecified atom stereocenters. The number of allylic oxidation sites excluding steroid dienone is 1. The molecule has 0 aromatic heterocycles. The molecule has 5 heteroatoms. The van der Waals surface area contributed by atoms with Gasteiger partial charge in [-0.1, -0.05) is 0 Å². The topological polar surface area (TPSA) is 40.1 Å². The Labute approximate surface area is 95.0 Å². The summed E-state index contributed by atoms with van der Waals surface area (Å²) >= 11 is 0. The van der Waals surface area contributed by atoms with E-state index in [1.165, 1.54) is 19.0 Å². The summed E-state index contributed by atoms with van der Waals surface area (Å²) in [7, 11) is 0. The van der Waals surface area contributed by atoms with Gasteiger partial charge < -0.3 is 18.1 Å². The smallest absolute Gasteiger partial charge is 0.278 e. The van der Waals surface area contributed by atoms with E-state index >= 15 is 0 Å². The Kier molecular flexibility index (Phi) is 5.34. The summed E-state index contributed by atoms with van der Waals surface area (Å²) < 4.78 is 12.9. The summed E-state index contributed by atoms with van der Waals surface area (Å²) in [4.78, 5) is 4.02. The van der Waals surface area contributed by atoms with Crippen LogP contribution in [0.1, 0.15) is 12.8 Å². The largest absolute Gasteiger partial charge is 1.00 e. The van der Waals surface area contributed by atoms with Crippen LogP contribution in [0.3, 0.4) is 0 Å². The normalized spacial score (nSPS) is 19.7. The van der Waals surface area contributed by atoms with Gasteiger partial charge in [0.15, 0.2) is 5.83 Å². The maximum atomic E-state index is 12.9. The highest BCUT2D eigenvalue weighted by molar-refractivity contribution is 5.99. The summed E-state index contributed by atoms with van der Waals surface area (Å²) in [5, 5.41) is 0. The van der Waals surface area contributed by atoms with Crippen molar-refractivity contribution in [3.05, 3.63) is 23.7 Å². The highest BCUT2D eigenvalue weighted by Crippen LogP contribution is 2.31. The highest BCUT2D eigenvalue weighted by atomic mass is 35.5. The predicted molar refractivity (Wildman–Crippen MR) is 53.4 cm³/mol. The maximum Gasteiger partial charge on any atom is 0.278 e. The quantitative estimate of drug-likeness (QED) is 0.612. The van der Waals surface area contributed by atoms with Gasteiger partial charge in [-0.25, -0.2) is 0 Å². The van der Waals surface area contributed by atoms with Crippen molar-refractivity contribution in [2.45, 2.75) is 12.8 Å². The third kappa shape index (κ3) is 2.80. The van der Waals surface area contributed by atoms with Crippen LogP contribution in [0, 0.1) is 5.92 Å². The van der Waals surface area contributed by atoms with Gasteiger partial charge in [0, 0.05) is 18.2 Å². The Balaban J connectivity index is 0.000000845. The van der Waals surface area contributed by atoms with Crippen molar-refractivity contribution in [1.82, 2.24) is 4.99 Å². The molecule has 1 heterocycles. The molecule has 2 N–H and O–H groups in total. The third-order valence-electron chi connectivity index (χ3n) is 2.17. The van der Waals surface area contributed by atoms with Crippen LogP contribution < -0.4 is 23.1 Å². The Hall–Kier alpha value is -0.380. The van der Waals surface area contributed by atoms with Gasteiger partial charge in [-0.05, 0) is 12.8 Å². The first-order valence-corrected chi connectivity index (χ1v) is 4.15. The van der Waals surface area contributed by atoms with Crippen LogP contribution in [-0.2, 0) is 0 Å².